The van der Waals surface area contributed by atoms with Crippen LogP contribution in [-0.4, -0.2) is 43.0 Å². The Balaban J connectivity index is 1.65. The number of hydrogen-bond acceptors (Lipinski definition) is 6. The molecular weight excluding hydrogens is 360 g/mol. The second kappa shape index (κ2) is 8.77. The van der Waals surface area contributed by atoms with E-state index in [9.17, 15) is 9.59 Å². The van der Waals surface area contributed by atoms with Gasteiger partial charge in [0.2, 0.25) is 5.91 Å². The molecule has 3 rings (SSSR count). The molecule has 1 amide bonds. The molecule has 8 heteroatoms. The highest BCUT2D eigenvalue weighted by Crippen LogP contribution is 2.30. The van der Waals surface area contributed by atoms with E-state index in [0.717, 1.165) is 30.6 Å². The van der Waals surface area contributed by atoms with Gasteiger partial charge in [0.05, 0.1) is 32.0 Å². The van der Waals surface area contributed by atoms with Crippen LogP contribution in [-0.2, 0) is 18.4 Å². The van der Waals surface area contributed by atoms with Gasteiger partial charge in [-0.15, -0.1) is 0 Å². The smallest absolute Gasteiger partial charge is 0.268 e. The van der Waals surface area contributed by atoms with Gasteiger partial charge in [0.25, 0.3) is 5.56 Å². The summed E-state index contributed by atoms with van der Waals surface area (Å²) in [5.41, 5.74) is 1.46. The van der Waals surface area contributed by atoms with Gasteiger partial charge in [-0.2, -0.15) is 5.10 Å². The minimum atomic E-state index is -0.158. The largest absolute Gasteiger partial charge is 0.493 e. The summed E-state index contributed by atoms with van der Waals surface area (Å²) in [5.74, 6) is 1.11. The highest BCUT2D eigenvalue weighted by atomic mass is 16.5. The zero-order valence-corrected chi connectivity index (χ0v) is 16.5. The van der Waals surface area contributed by atoms with Crippen LogP contribution in [0.3, 0.4) is 0 Å². The molecule has 1 aliphatic heterocycles. The molecule has 2 aromatic rings. The molecule has 0 radical (unpaired) electrons. The summed E-state index contributed by atoms with van der Waals surface area (Å²) >= 11 is 0. The Bertz CT molecular complexity index is 896. The van der Waals surface area contributed by atoms with Crippen molar-refractivity contribution in [3.63, 3.8) is 0 Å². The first-order valence-corrected chi connectivity index (χ1v) is 9.29. The second-order valence-electron chi connectivity index (χ2n) is 6.83. The number of rotatable bonds is 6. The van der Waals surface area contributed by atoms with Crippen LogP contribution in [0.5, 0.6) is 11.5 Å². The quantitative estimate of drug-likeness (QED) is 0.806. The Labute approximate surface area is 164 Å². The van der Waals surface area contributed by atoms with Gasteiger partial charge in [-0.1, -0.05) is 12.1 Å². The van der Waals surface area contributed by atoms with Crippen LogP contribution >= 0.6 is 0 Å². The van der Waals surface area contributed by atoms with Crippen molar-refractivity contribution in [2.75, 3.05) is 32.2 Å². The van der Waals surface area contributed by atoms with Crippen molar-refractivity contribution >= 4 is 11.6 Å². The summed E-state index contributed by atoms with van der Waals surface area (Å²) in [6.45, 7) is 1.74. The number of amides is 1. The molecule has 0 saturated carbocycles. The van der Waals surface area contributed by atoms with Crippen molar-refractivity contribution in [2.45, 2.75) is 19.4 Å². The summed E-state index contributed by atoms with van der Waals surface area (Å²) in [6, 6.07) is 7.16. The molecule has 2 heterocycles. The van der Waals surface area contributed by atoms with Crippen LogP contribution in [0.25, 0.3) is 0 Å². The summed E-state index contributed by atoms with van der Waals surface area (Å²) in [7, 11) is 4.79. The number of carbonyl (C=O) groups is 1. The predicted molar refractivity (Wildman–Crippen MR) is 106 cm³/mol. The summed E-state index contributed by atoms with van der Waals surface area (Å²) in [4.78, 5) is 26.6. The number of para-hydroxylation sites is 1. The van der Waals surface area contributed by atoms with Gasteiger partial charge in [0.15, 0.2) is 11.5 Å². The van der Waals surface area contributed by atoms with Crippen molar-refractivity contribution in [3.8, 4) is 11.5 Å². The van der Waals surface area contributed by atoms with E-state index in [4.69, 9.17) is 9.47 Å². The van der Waals surface area contributed by atoms with E-state index in [1.165, 1.54) is 4.68 Å². The lowest BCUT2D eigenvalue weighted by atomic mass is 9.96. The van der Waals surface area contributed by atoms with Crippen LogP contribution in [0.1, 0.15) is 18.4 Å². The van der Waals surface area contributed by atoms with Gasteiger partial charge in [0, 0.05) is 38.3 Å². The SMILES string of the molecule is COc1cccc(CNC(=O)C2CCCN(c3cnn(C)c(=O)c3)C2)c1OC. The van der Waals surface area contributed by atoms with Gasteiger partial charge < -0.3 is 19.7 Å². The third-order valence-corrected chi connectivity index (χ3v) is 5.05. The number of aromatic nitrogens is 2. The average molecular weight is 386 g/mol. The van der Waals surface area contributed by atoms with E-state index in [1.807, 2.05) is 23.1 Å². The van der Waals surface area contributed by atoms with E-state index in [0.29, 0.717) is 24.6 Å². The average Bonchev–Trinajstić information content (AvgIpc) is 2.73. The van der Waals surface area contributed by atoms with Gasteiger partial charge in [-0.25, -0.2) is 4.68 Å². The summed E-state index contributed by atoms with van der Waals surface area (Å²) in [6.07, 6.45) is 3.37. The standard InChI is InChI=1S/C20H26N4O4/c1-23-18(25)10-16(12-22-23)24-9-5-7-15(13-24)20(26)21-11-14-6-4-8-17(27-2)19(14)28-3/h4,6,8,10,12,15H,5,7,9,11,13H2,1-3H3,(H,21,26). The lowest BCUT2D eigenvalue weighted by Gasteiger charge is -2.33. The van der Waals surface area contributed by atoms with Gasteiger partial charge in [0.1, 0.15) is 0 Å². The minimum absolute atomic E-state index is 0.00799. The summed E-state index contributed by atoms with van der Waals surface area (Å²) < 4.78 is 12.0. The van der Waals surface area contributed by atoms with Gasteiger partial charge in [-0.3, -0.25) is 9.59 Å². The molecule has 1 atom stereocenters. The third-order valence-electron chi connectivity index (χ3n) is 5.05. The first-order valence-electron chi connectivity index (χ1n) is 9.29. The normalized spacial score (nSPS) is 16.5. The maximum Gasteiger partial charge on any atom is 0.268 e. The molecule has 8 nitrogen and oxygen atoms in total. The minimum Gasteiger partial charge on any atom is -0.493 e. The first kappa shape index (κ1) is 19.7. The van der Waals surface area contributed by atoms with Crippen LogP contribution in [0, 0.1) is 5.92 Å². The van der Waals surface area contributed by atoms with Crippen molar-refractivity contribution in [3.05, 3.63) is 46.4 Å². The summed E-state index contributed by atoms with van der Waals surface area (Å²) in [5, 5.41) is 7.08. The maximum absolute atomic E-state index is 12.7. The molecule has 150 valence electrons. The molecule has 1 N–H and O–H groups in total. The van der Waals surface area contributed by atoms with E-state index in [-0.39, 0.29) is 17.4 Å². The number of piperidine rings is 1. The number of ether oxygens (including phenoxy) is 2. The topological polar surface area (TPSA) is 85.7 Å². The number of methoxy groups -OCH3 is 2. The van der Waals surface area contributed by atoms with E-state index >= 15 is 0 Å². The molecule has 1 fully saturated rings. The number of aryl methyl sites for hydroxylation is 1. The monoisotopic (exact) mass is 386 g/mol. The Morgan fingerprint density at radius 1 is 1.32 bits per heavy atom. The molecule has 1 aromatic carbocycles. The highest BCUT2D eigenvalue weighted by molar-refractivity contribution is 5.79. The van der Waals surface area contributed by atoms with Crippen molar-refractivity contribution in [2.24, 2.45) is 13.0 Å². The predicted octanol–water partition coefficient (Wildman–Crippen LogP) is 1.33. The number of anilines is 1. The Kier molecular flexibility index (Phi) is 6.18. The molecule has 28 heavy (non-hydrogen) atoms. The molecule has 0 spiro atoms. The zero-order chi connectivity index (χ0) is 20.1. The fourth-order valence-electron chi connectivity index (χ4n) is 3.48. The lowest BCUT2D eigenvalue weighted by molar-refractivity contribution is -0.125. The molecule has 1 saturated heterocycles. The van der Waals surface area contributed by atoms with Crippen LogP contribution in [0.2, 0.25) is 0 Å². The number of hydrogen-bond donors (Lipinski definition) is 1. The number of nitrogens with zero attached hydrogens (tertiary/aromatic N) is 3. The van der Waals surface area contributed by atoms with Crippen LogP contribution < -0.4 is 25.2 Å². The molecule has 1 aliphatic rings. The lowest BCUT2D eigenvalue weighted by Crippen LogP contribution is -2.43. The Hall–Kier alpha value is -3.03. The fraction of sp³-hybridized carbons (Fsp3) is 0.450. The van der Waals surface area contributed by atoms with Crippen molar-refractivity contribution < 1.29 is 14.3 Å². The van der Waals surface area contributed by atoms with Gasteiger partial charge in [-0.05, 0) is 18.9 Å². The molecule has 1 aromatic heterocycles. The molecule has 0 aliphatic carbocycles. The van der Waals surface area contributed by atoms with E-state index in [2.05, 4.69) is 10.4 Å². The second-order valence-corrected chi connectivity index (χ2v) is 6.83. The Morgan fingerprint density at radius 3 is 2.86 bits per heavy atom. The molecule has 0 bridgehead atoms. The molecule has 1 unspecified atom stereocenters. The fourth-order valence-corrected chi connectivity index (χ4v) is 3.48. The van der Waals surface area contributed by atoms with Crippen molar-refractivity contribution in [1.29, 1.82) is 0 Å². The van der Waals surface area contributed by atoms with Crippen LogP contribution in [0.15, 0.2) is 35.3 Å². The highest BCUT2D eigenvalue weighted by Gasteiger charge is 2.26. The van der Waals surface area contributed by atoms with Gasteiger partial charge >= 0.3 is 0 Å². The maximum atomic E-state index is 12.7. The van der Waals surface area contributed by atoms with E-state index in [1.54, 1.807) is 33.5 Å². The number of carbonyl (C=O) groups excluding carboxylic acids is 1. The zero-order valence-electron chi connectivity index (χ0n) is 16.5. The number of benzene rings is 1. The molecular formula is C20H26N4O4. The van der Waals surface area contributed by atoms with E-state index < -0.39 is 0 Å². The van der Waals surface area contributed by atoms with Crippen LogP contribution in [0.4, 0.5) is 5.69 Å². The third kappa shape index (κ3) is 4.27. The van der Waals surface area contributed by atoms with Crippen molar-refractivity contribution in [1.82, 2.24) is 15.1 Å². The first-order chi connectivity index (χ1) is 13.5. The Morgan fingerprint density at radius 2 is 2.14 bits per heavy atom. The number of nitrogens with one attached hydrogen (secondary N) is 1.